The maximum Gasteiger partial charge on any atom is 0.0833 e. The first-order valence-electron chi connectivity index (χ1n) is 7.97. The first-order valence-corrected chi connectivity index (χ1v) is 13.1. The van der Waals surface area contributed by atoms with Crippen LogP contribution in [-0.4, -0.2) is 13.4 Å². The number of rotatable bonds is 3. The second-order valence-corrected chi connectivity index (χ2v) is 17.1. The average Bonchev–Trinajstić information content (AvgIpc) is 2.55. The molecule has 2 heteroatoms. The van der Waals surface area contributed by atoms with E-state index in [9.17, 15) is 0 Å². The Morgan fingerprint density at radius 2 is 1.32 bits per heavy atom. The Morgan fingerprint density at radius 1 is 0.842 bits per heavy atom. The second kappa shape index (κ2) is 5.86. The summed E-state index contributed by atoms with van der Waals surface area (Å²) in [6.07, 6.45) is 7.52. The van der Waals surface area contributed by atoms with Gasteiger partial charge in [0.25, 0.3) is 0 Å². The number of hydrogen-bond donors (Lipinski definition) is 0. The lowest BCUT2D eigenvalue weighted by atomic mass is 10.0. The van der Waals surface area contributed by atoms with Crippen molar-refractivity contribution in [2.45, 2.75) is 84.1 Å². The molecule has 108 valence electrons. The quantitative estimate of drug-likeness (QED) is 0.426. The van der Waals surface area contributed by atoms with Crippen LogP contribution in [0.5, 0.6) is 0 Å². The van der Waals surface area contributed by atoms with Crippen LogP contribution in [0.3, 0.4) is 0 Å². The molecule has 0 aromatic carbocycles. The third-order valence-electron chi connectivity index (χ3n) is 5.51. The van der Waals surface area contributed by atoms with Crippen molar-refractivity contribution in [1.82, 2.24) is 0 Å². The van der Waals surface area contributed by atoms with E-state index in [4.69, 9.17) is 0 Å². The molecule has 0 bridgehead atoms. The summed E-state index contributed by atoms with van der Waals surface area (Å²) in [5.74, 6) is 0. The van der Waals surface area contributed by atoms with Crippen LogP contribution in [0.25, 0.3) is 0 Å². The van der Waals surface area contributed by atoms with Crippen LogP contribution in [-0.2, 0) is 0 Å². The highest BCUT2D eigenvalue weighted by Gasteiger charge is 2.40. The molecule has 2 rings (SSSR count). The summed E-state index contributed by atoms with van der Waals surface area (Å²) in [6.45, 7) is 14.8. The molecule has 0 aromatic rings. The van der Waals surface area contributed by atoms with Gasteiger partial charge in [-0.25, -0.2) is 0 Å². The first kappa shape index (κ1) is 15.5. The van der Waals surface area contributed by atoms with Crippen LogP contribution in [0.2, 0.25) is 18.6 Å². The lowest BCUT2D eigenvalue weighted by Gasteiger charge is -2.37. The first-order chi connectivity index (χ1) is 8.84. The van der Waals surface area contributed by atoms with Crippen LogP contribution in [0.4, 0.5) is 0 Å². The minimum atomic E-state index is -1.16. The highest BCUT2D eigenvalue weighted by atomic mass is 31.3. The molecule has 2 aliphatic carbocycles. The van der Waals surface area contributed by atoms with Crippen molar-refractivity contribution in [3.05, 3.63) is 22.3 Å². The molecule has 0 aromatic heterocycles. The Balaban J connectivity index is 2.15. The van der Waals surface area contributed by atoms with Crippen molar-refractivity contribution >= 4 is 15.9 Å². The molecule has 1 fully saturated rings. The molecule has 2 aliphatic rings. The van der Waals surface area contributed by atoms with Crippen LogP contribution in [0, 0.1) is 0 Å². The SMILES string of the molecule is CC1=C(C)C([Si](C)(C)PC2CCCCC2)C(C)=C1C. The standard InChI is InChI=1S/C17H31PSi/c1-12-13(2)15(4)17(14(12)3)19(5,6)18-16-10-8-7-9-11-16/h16-18H,7-11H2,1-6H3. The van der Waals surface area contributed by atoms with Gasteiger partial charge in [-0.1, -0.05) is 43.5 Å². The third-order valence-corrected chi connectivity index (χ3v) is 13.9. The van der Waals surface area contributed by atoms with Gasteiger partial charge >= 0.3 is 0 Å². The van der Waals surface area contributed by atoms with E-state index in [1.165, 1.54) is 40.2 Å². The topological polar surface area (TPSA) is 0 Å². The summed E-state index contributed by atoms with van der Waals surface area (Å²) >= 11 is 0. The van der Waals surface area contributed by atoms with Gasteiger partial charge in [-0.2, -0.15) is 0 Å². The van der Waals surface area contributed by atoms with Gasteiger partial charge in [-0.3, -0.25) is 0 Å². The smallest absolute Gasteiger partial charge is 0.0833 e. The molecule has 19 heavy (non-hydrogen) atoms. The van der Waals surface area contributed by atoms with E-state index in [2.05, 4.69) is 40.8 Å². The fraction of sp³-hybridized carbons (Fsp3) is 0.765. The van der Waals surface area contributed by atoms with Crippen LogP contribution in [0.15, 0.2) is 22.3 Å². The van der Waals surface area contributed by atoms with Crippen molar-refractivity contribution in [3.8, 4) is 0 Å². The fourth-order valence-electron chi connectivity index (χ4n) is 4.29. The molecule has 0 N–H and O–H groups in total. The van der Waals surface area contributed by atoms with Gasteiger partial charge in [0.15, 0.2) is 0 Å². The Bertz CT molecular complexity index is 387. The largest absolute Gasteiger partial charge is 0.129 e. The zero-order chi connectivity index (χ0) is 14.2. The normalized spacial score (nSPS) is 24.3. The van der Waals surface area contributed by atoms with Gasteiger partial charge in [-0.15, -0.1) is 8.13 Å². The second-order valence-electron chi connectivity index (χ2n) is 7.25. The summed E-state index contributed by atoms with van der Waals surface area (Å²) in [6, 6.07) is 0. The van der Waals surface area contributed by atoms with Crippen LogP contribution in [0.1, 0.15) is 59.8 Å². The lowest BCUT2D eigenvalue weighted by molar-refractivity contribution is 0.515. The van der Waals surface area contributed by atoms with E-state index in [-0.39, 0.29) is 0 Å². The zero-order valence-electron chi connectivity index (χ0n) is 13.7. The molecule has 1 atom stereocenters. The Labute approximate surface area is 122 Å². The predicted octanol–water partition coefficient (Wildman–Crippen LogP) is 6.26. The van der Waals surface area contributed by atoms with E-state index in [1.807, 2.05) is 0 Å². The highest BCUT2D eigenvalue weighted by molar-refractivity contribution is 7.82. The van der Waals surface area contributed by atoms with Crippen LogP contribution < -0.4 is 0 Å². The number of hydrogen-bond acceptors (Lipinski definition) is 0. The molecule has 0 spiro atoms. The minimum Gasteiger partial charge on any atom is -0.129 e. The van der Waals surface area contributed by atoms with Gasteiger partial charge in [0.05, 0.1) is 7.74 Å². The molecule has 0 aliphatic heterocycles. The van der Waals surface area contributed by atoms with Gasteiger partial charge in [0.1, 0.15) is 0 Å². The van der Waals surface area contributed by atoms with Crippen molar-refractivity contribution < 1.29 is 0 Å². The van der Waals surface area contributed by atoms with Crippen molar-refractivity contribution in [2.75, 3.05) is 0 Å². The predicted molar refractivity (Wildman–Crippen MR) is 93.2 cm³/mol. The average molecular weight is 294 g/mol. The summed E-state index contributed by atoms with van der Waals surface area (Å²) in [7, 11) is 0.109. The third kappa shape index (κ3) is 3.08. The maximum absolute atomic E-state index is 2.66. The monoisotopic (exact) mass is 294 g/mol. The van der Waals surface area contributed by atoms with E-state index in [0.717, 1.165) is 11.2 Å². The van der Waals surface area contributed by atoms with Gasteiger partial charge in [0, 0.05) is 5.54 Å². The summed E-state index contributed by atoms with van der Waals surface area (Å²) in [5, 5.41) is 0. The minimum absolute atomic E-state index is 0.841. The molecule has 0 amide bonds. The number of allylic oxidation sites excluding steroid dienone is 4. The molecular formula is C17H31PSi. The van der Waals surface area contributed by atoms with Crippen molar-refractivity contribution in [2.24, 2.45) is 0 Å². The molecule has 1 saturated carbocycles. The molecule has 0 heterocycles. The van der Waals surface area contributed by atoms with Gasteiger partial charge in [0.2, 0.25) is 0 Å². The van der Waals surface area contributed by atoms with Crippen molar-refractivity contribution in [3.63, 3.8) is 0 Å². The lowest BCUT2D eigenvalue weighted by Crippen LogP contribution is -2.31. The van der Waals surface area contributed by atoms with E-state index in [1.54, 1.807) is 22.3 Å². The zero-order valence-corrected chi connectivity index (χ0v) is 15.7. The highest BCUT2D eigenvalue weighted by Crippen LogP contribution is 2.54. The summed E-state index contributed by atoms with van der Waals surface area (Å²) in [5.41, 5.74) is 8.50. The fourth-order valence-corrected chi connectivity index (χ4v) is 14.6. The van der Waals surface area contributed by atoms with Crippen molar-refractivity contribution in [1.29, 1.82) is 0 Å². The van der Waals surface area contributed by atoms with E-state index >= 15 is 0 Å². The molecule has 0 saturated heterocycles. The molecule has 1 unspecified atom stereocenters. The Hall–Kier alpha value is 0.127. The van der Waals surface area contributed by atoms with E-state index in [0.29, 0.717) is 0 Å². The van der Waals surface area contributed by atoms with Gasteiger partial charge < -0.3 is 0 Å². The molecule has 0 radical (unpaired) electrons. The Kier molecular flexibility index (Phi) is 4.78. The van der Waals surface area contributed by atoms with Crippen LogP contribution >= 0.6 is 8.13 Å². The maximum atomic E-state index is 2.66. The summed E-state index contributed by atoms with van der Waals surface area (Å²) in [4.78, 5) is 0. The molecule has 0 nitrogen and oxygen atoms in total. The van der Waals surface area contributed by atoms with E-state index < -0.39 is 7.74 Å². The molecular weight excluding hydrogens is 263 g/mol. The Morgan fingerprint density at radius 3 is 1.79 bits per heavy atom. The van der Waals surface area contributed by atoms with Gasteiger partial charge in [-0.05, 0) is 57.3 Å². The summed E-state index contributed by atoms with van der Waals surface area (Å²) < 4.78 is 0.